The summed E-state index contributed by atoms with van der Waals surface area (Å²) in [5.41, 5.74) is 0.673. The molecule has 0 radical (unpaired) electrons. The minimum absolute atomic E-state index is 0.0518. The van der Waals surface area contributed by atoms with Gasteiger partial charge in [-0.1, -0.05) is 26.0 Å². The summed E-state index contributed by atoms with van der Waals surface area (Å²) in [5, 5.41) is 8.99. The number of amides is 2. The third kappa shape index (κ3) is 2.16. The van der Waals surface area contributed by atoms with Gasteiger partial charge in [0.05, 0.1) is 11.1 Å². The standard InChI is InChI=1S/C14H17NO3/c1-14(2,7-8-16)9-15-12(17)10-5-3-4-6-11(10)13(15)18/h3-6,16H,7-9H2,1-2H3. The third-order valence-electron chi connectivity index (χ3n) is 3.25. The fraction of sp³-hybridized carbons (Fsp3) is 0.429. The van der Waals surface area contributed by atoms with Gasteiger partial charge in [-0.3, -0.25) is 14.5 Å². The van der Waals surface area contributed by atoms with E-state index in [0.29, 0.717) is 24.1 Å². The zero-order valence-electron chi connectivity index (χ0n) is 10.6. The van der Waals surface area contributed by atoms with Crippen LogP contribution >= 0.6 is 0 Å². The summed E-state index contributed by atoms with van der Waals surface area (Å²) >= 11 is 0. The topological polar surface area (TPSA) is 57.6 Å². The summed E-state index contributed by atoms with van der Waals surface area (Å²) in [5.74, 6) is -0.469. The van der Waals surface area contributed by atoms with Crippen LogP contribution in [0.15, 0.2) is 24.3 Å². The lowest BCUT2D eigenvalue weighted by Crippen LogP contribution is -2.38. The summed E-state index contributed by atoms with van der Waals surface area (Å²) in [7, 11) is 0. The lowest BCUT2D eigenvalue weighted by molar-refractivity contribution is 0.0568. The molecule has 1 aromatic rings. The number of aliphatic hydroxyl groups is 1. The molecule has 1 aromatic carbocycles. The fourth-order valence-electron chi connectivity index (χ4n) is 2.19. The summed E-state index contributed by atoms with van der Waals surface area (Å²) in [6.45, 7) is 4.26. The van der Waals surface area contributed by atoms with Gasteiger partial charge < -0.3 is 5.11 Å². The first kappa shape index (κ1) is 12.8. The summed E-state index contributed by atoms with van der Waals surface area (Å²) in [6.07, 6.45) is 0.556. The average Bonchev–Trinajstić information content (AvgIpc) is 2.55. The molecule has 0 fully saturated rings. The first-order valence-electron chi connectivity index (χ1n) is 6.02. The van der Waals surface area contributed by atoms with Gasteiger partial charge in [-0.15, -0.1) is 0 Å². The van der Waals surface area contributed by atoms with E-state index >= 15 is 0 Å². The molecule has 2 amide bonds. The van der Waals surface area contributed by atoms with Crippen molar-refractivity contribution in [2.24, 2.45) is 5.41 Å². The maximum Gasteiger partial charge on any atom is 0.261 e. The van der Waals surface area contributed by atoms with Gasteiger partial charge in [-0.05, 0) is 24.0 Å². The van der Waals surface area contributed by atoms with Gasteiger partial charge >= 0.3 is 0 Å². The second-order valence-corrected chi connectivity index (χ2v) is 5.38. The van der Waals surface area contributed by atoms with Crippen molar-refractivity contribution < 1.29 is 14.7 Å². The molecule has 0 saturated heterocycles. The highest BCUT2D eigenvalue weighted by Crippen LogP contribution is 2.28. The first-order chi connectivity index (χ1) is 8.46. The molecule has 0 bridgehead atoms. The lowest BCUT2D eigenvalue weighted by Gasteiger charge is -2.28. The van der Waals surface area contributed by atoms with E-state index in [2.05, 4.69) is 0 Å². The Morgan fingerprint density at radius 1 is 1.11 bits per heavy atom. The fourth-order valence-corrected chi connectivity index (χ4v) is 2.19. The van der Waals surface area contributed by atoms with Crippen LogP contribution in [0.3, 0.4) is 0 Å². The maximum absolute atomic E-state index is 12.1. The SMILES string of the molecule is CC(C)(CCO)CN1C(=O)c2ccccc2C1=O. The van der Waals surface area contributed by atoms with E-state index in [1.165, 1.54) is 4.90 Å². The molecule has 4 heteroatoms. The first-order valence-corrected chi connectivity index (χ1v) is 6.02. The van der Waals surface area contributed by atoms with Gasteiger partial charge in [0.1, 0.15) is 0 Å². The van der Waals surface area contributed by atoms with Crippen LogP contribution in [-0.4, -0.2) is 35.0 Å². The second kappa shape index (κ2) is 4.53. The number of carbonyl (C=O) groups excluding carboxylic acids is 2. The van der Waals surface area contributed by atoms with Gasteiger partial charge in [0, 0.05) is 13.2 Å². The van der Waals surface area contributed by atoms with Crippen molar-refractivity contribution in [3.05, 3.63) is 35.4 Å². The Bertz CT molecular complexity index is 459. The number of imide groups is 1. The van der Waals surface area contributed by atoms with Crippen molar-refractivity contribution in [3.8, 4) is 0 Å². The van der Waals surface area contributed by atoms with Crippen LogP contribution in [0, 0.1) is 5.41 Å². The van der Waals surface area contributed by atoms with E-state index < -0.39 is 0 Å². The number of benzene rings is 1. The highest BCUT2D eigenvalue weighted by atomic mass is 16.3. The third-order valence-corrected chi connectivity index (χ3v) is 3.25. The Morgan fingerprint density at radius 2 is 1.61 bits per heavy atom. The Labute approximate surface area is 106 Å². The van der Waals surface area contributed by atoms with E-state index in [4.69, 9.17) is 5.11 Å². The van der Waals surface area contributed by atoms with E-state index in [9.17, 15) is 9.59 Å². The van der Waals surface area contributed by atoms with Gasteiger partial charge in [-0.2, -0.15) is 0 Å². The summed E-state index contributed by atoms with van der Waals surface area (Å²) in [4.78, 5) is 25.5. The quantitative estimate of drug-likeness (QED) is 0.824. The van der Waals surface area contributed by atoms with Crippen molar-refractivity contribution in [1.29, 1.82) is 0 Å². The smallest absolute Gasteiger partial charge is 0.261 e. The molecule has 1 N–H and O–H groups in total. The Hall–Kier alpha value is -1.68. The lowest BCUT2D eigenvalue weighted by atomic mass is 9.89. The maximum atomic E-state index is 12.1. The molecule has 1 heterocycles. The largest absolute Gasteiger partial charge is 0.396 e. The number of carbonyl (C=O) groups is 2. The number of aliphatic hydroxyl groups excluding tert-OH is 1. The number of nitrogens with zero attached hydrogens (tertiary/aromatic N) is 1. The summed E-state index contributed by atoms with van der Waals surface area (Å²) < 4.78 is 0. The zero-order valence-corrected chi connectivity index (χ0v) is 10.6. The zero-order chi connectivity index (χ0) is 13.3. The van der Waals surface area contributed by atoms with E-state index in [1.54, 1.807) is 24.3 Å². The number of rotatable bonds is 4. The van der Waals surface area contributed by atoms with E-state index in [-0.39, 0.29) is 23.8 Å². The molecular formula is C14H17NO3. The highest BCUT2D eigenvalue weighted by Gasteiger charge is 2.37. The normalized spacial score (nSPS) is 15.2. The Kier molecular flexibility index (Phi) is 3.22. The molecule has 18 heavy (non-hydrogen) atoms. The van der Waals surface area contributed by atoms with Crippen LogP contribution in [0.4, 0.5) is 0 Å². The van der Waals surface area contributed by atoms with Gasteiger partial charge in [0.15, 0.2) is 0 Å². The molecule has 4 nitrogen and oxygen atoms in total. The molecule has 1 aliphatic heterocycles. The summed E-state index contributed by atoms with van der Waals surface area (Å²) in [6, 6.07) is 6.86. The molecule has 0 aliphatic carbocycles. The minimum atomic E-state index is -0.276. The number of hydrogen-bond acceptors (Lipinski definition) is 3. The van der Waals surface area contributed by atoms with Crippen molar-refractivity contribution >= 4 is 11.8 Å². The molecule has 0 spiro atoms. The number of hydrogen-bond donors (Lipinski definition) is 1. The second-order valence-electron chi connectivity index (χ2n) is 5.38. The van der Waals surface area contributed by atoms with Crippen LogP contribution < -0.4 is 0 Å². The van der Waals surface area contributed by atoms with Gasteiger partial charge in [0.25, 0.3) is 11.8 Å². The van der Waals surface area contributed by atoms with Crippen LogP contribution in [0.1, 0.15) is 41.0 Å². The number of fused-ring (bicyclic) bond motifs is 1. The molecule has 96 valence electrons. The predicted molar refractivity (Wildman–Crippen MR) is 67.3 cm³/mol. The predicted octanol–water partition coefficient (Wildman–Crippen LogP) is 1.69. The van der Waals surface area contributed by atoms with Crippen molar-refractivity contribution in [2.45, 2.75) is 20.3 Å². The molecule has 0 saturated carbocycles. The van der Waals surface area contributed by atoms with Gasteiger partial charge in [-0.25, -0.2) is 0 Å². The molecule has 0 atom stereocenters. The Morgan fingerprint density at radius 3 is 2.06 bits per heavy atom. The highest BCUT2D eigenvalue weighted by molar-refractivity contribution is 6.21. The van der Waals surface area contributed by atoms with Crippen LogP contribution in [0.25, 0.3) is 0 Å². The van der Waals surface area contributed by atoms with Crippen molar-refractivity contribution in [3.63, 3.8) is 0 Å². The molecular weight excluding hydrogens is 230 g/mol. The van der Waals surface area contributed by atoms with Crippen LogP contribution in [0.2, 0.25) is 0 Å². The van der Waals surface area contributed by atoms with Crippen LogP contribution in [0.5, 0.6) is 0 Å². The molecule has 0 aromatic heterocycles. The van der Waals surface area contributed by atoms with Crippen LogP contribution in [-0.2, 0) is 0 Å². The van der Waals surface area contributed by atoms with E-state index in [0.717, 1.165) is 0 Å². The molecule has 0 unspecified atom stereocenters. The Balaban J connectivity index is 2.24. The minimum Gasteiger partial charge on any atom is -0.396 e. The van der Waals surface area contributed by atoms with Crippen molar-refractivity contribution in [2.75, 3.05) is 13.2 Å². The van der Waals surface area contributed by atoms with E-state index in [1.807, 2.05) is 13.8 Å². The van der Waals surface area contributed by atoms with Crippen molar-refractivity contribution in [1.82, 2.24) is 4.90 Å². The molecule has 2 rings (SSSR count). The average molecular weight is 247 g/mol. The van der Waals surface area contributed by atoms with Gasteiger partial charge in [0.2, 0.25) is 0 Å². The molecule has 1 aliphatic rings. The monoisotopic (exact) mass is 247 g/mol.